The van der Waals surface area contributed by atoms with Crippen molar-refractivity contribution in [3.8, 4) is 0 Å². The molecule has 1 aliphatic rings. The molecule has 5 heteroatoms. The normalized spacial score (nSPS) is 16.4. The molecule has 1 aromatic carbocycles. The monoisotopic (exact) mass is 285 g/mol. The number of rotatable bonds is 5. The number of nitrogens with zero attached hydrogens (tertiary/aromatic N) is 1. The Hall–Kier alpha value is -2.56. The van der Waals surface area contributed by atoms with Gasteiger partial charge in [-0.25, -0.2) is 4.79 Å². The summed E-state index contributed by atoms with van der Waals surface area (Å²) in [6.45, 7) is 6.22. The molecule has 0 aliphatic carbocycles. The number of hydrogen-bond donors (Lipinski definition) is 2. The Balaban J connectivity index is 2.03. The smallest absolute Gasteiger partial charge is 0.326 e. The van der Waals surface area contributed by atoms with Crippen LogP contribution >= 0.6 is 0 Å². The highest BCUT2D eigenvalue weighted by Crippen LogP contribution is 2.15. The molecule has 110 valence electrons. The first-order valence-corrected chi connectivity index (χ1v) is 6.99. The van der Waals surface area contributed by atoms with E-state index in [2.05, 4.69) is 41.5 Å². The number of urea groups is 1. The molecule has 1 saturated heterocycles. The van der Waals surface area contributed by atoms with Gasteiger partial charge in [-0.3, -0.25) is 10.1 Å². The Morgan fingerprint density at radius 1 is 1.05 bits per heavy atom. The van der Waals surface area contributed by atoms with Crippen LogP contribution in [0.25, 0.3) is 6.08 Å². The number of amides is 3. The highest BCUT2D eigenvalue weighted by Gasteiger charge is 2.21. The Labute approximate surface area is 124 Å². The van der Waals surface area contributed by atoms with Crippen molar-refractivity contribution in [3.05, 3.63) is 47.7 Å². The number of hydrogen-bond acceptors (Lipinski definition) is 3. The molecule has 5 nitrogen and oxygen atoms in total. The lowest BCUT2D eigenvalue weighted by atomic mass is 10.1. The van der Waals surface area contributed by atoms with Crippen LogP contribution in [-0.2, 0) is 4.79 Å². The van der Waals surface area contributed by atoms with Crippen LogP contribution in [0.1, 0.15) is 19.4 Å². The zero-order chi connectivity index (χ0) is 15.2. The number of benzene rings is 1. The van der Waals surface area contributed by atoms with Crippen LogP contribution in [0.2, 0.25) is 0 Å². The van der Waals surface area contributed by atoms with E-state index in [1.54, 1.807) is 12.2 Å². The maximum atomic E-state index is 11.3. The number of imide groups is 1. The maximum absolute atomic E-state index is 11.3. The number of carbonyl (C=O) groups is 2. The number of nitrogens with one attached hydrogen (secondary N) is 2. The van der Waals surface area contributed by atoms with Crippen LogP contribution < -0.4 is 15.5 Å². The summed E-state index contributed by atoms with van der Waals surface area (Å²) in [7, 11) is 0. The molecule has 1 aliphatic heterocycles. The van der Waals surface area contributed by atoms with Crippen LogP contribution in [0.15, 0.2) is 42.1 Å². The first kappa shape index (κ1) is 14.8. The lowest BCUT2D eigenvalue weighted by Gasteiger charge is -2.20. The zero-order valence-electron chi connectivity index (χ0n) is 12.2. The highest BCUT2D eigenvalue weighted by atomic mass is 16.2. The minimum atomic E-state index is -0.483. The molecule has 3 amide bonds. The molecule has 0 aromatic heterocycles. The summed E-state index contributed by atoms with van der Waals surface area (Å²) in [6.07, 6.45) is 5.21. The highest BCUT2D eigenvalue weighted by molar-refractivity contribution is 6.11. The summed E-state index contributed by atoms with van der Waals surface area (Å²) in [5, 5.41) is 4.58. The Morgan fingerprint density at radius 3 is 2.24 bits per heavy atom. The lowest BCUT2D eigenvalue weighted by Crippen LogP contribution is -2.22. The van der Waals surface area contributed by atoms with Gasteiger partial charge in [0.25, 0.3) is 5.91 Å². The van der Waals surface area contributed by atoms with E-state index in [1.165, 1.54) is 5.69 Å². The first-order chi connectivity index (χ1) is 10.1. The molecule has 21 heavy (non-hydrogen) atoms. The molecule has 2 N–H and O–H groups in total. The van der Waals surface area contributed by atoms with Crippen LogP contribution in [-0.4, -0.2) is 25.0 Å². The fourth-order valence-corrected chi connectivity index (χ4v) is 2.14. The molecule has 1 heterocycles. The second kappa shape index (κ2) is 6.74. The zero-order valence-corrected chi connectivity index (χ0v) is 12.2. The van der Waals surface area contributed by atoms with Crippen LogP contribution in [0.4, 0.5) is 10.5 Å². The molecule has 1 aromatic rings. The third kappa shape index (κ3) is 3.72. The fraction of sp³-hybridized carbons (Fsp3) is 0.250. The van der Waals surface area contributed by atoms with Gasteiger partial charge in [0.2, 0.25) is 0 Å². The summed E-state index contributed by atoms with van der Waals surface area (Å²) in [4.78, 5) is 24.5. The van der Waals surface area contributed by atoms with Gasteiger partial charge in [0, 0.05) is 18.8 Å². The Kier molecular flexibility index (Phi) is 4.77. The fourth-order valence-electron chi connectivity index (χ4n) is 2.14. The second-order valence-electron chi connectivity index (χ2n) is 4.61. The molecular formula is C16H19N3O2. The van der Waals surface area contributed by atoms with Crippen LogP contribution in [0.3, 0.4) is 0 Å². The van der Waals surface area contributed by atoms with Crippen molar-refractivity contribution in [1.29, 1.82) is 0 Å². The molecule has 1 fully saturated rings. The molecule has 0 saturated carbocycles. The van der Waals surface area contributed by atoms with Crippen molar-refractivity contribution in [2.45, 2.75) is 13.8 Å². The van der Waals surface area contributed by atoms with Gasteiger partial charge in [-0.15, -0.1) is 0 Å². The van der Waals surface area contributed by atoms with Gasteiger partial charge in [0.05, 0.1) is 0 Å². The van der Waals surface area contributed by atoms with E-state index in [-0.39, 0.29) is 5.70 Å². The maximum Gasteiger partial charge on any atom is 0.326 e. The molecule has 0 bridgehead atoms. The summed E-state index contributed by atoms with van der Waals surface area (Å²) in [5.74, 6) is -0.401. The van der Waals surface area contributed by atoms with E-state index in [4.69, 9.17) is 0 Å². The number of carbonyl (C=O) groups excluding carboxylic acids is 2. The Morgan fingerprint density at radius 2 is 1.71 bits per heavy atom. The number of anilines is 1. The predicted molar refractivity (Wildman–Crippen MR) is 83.8 cm³/mol. The van der Waals surface area contributed by atoms with Gasteiger partial charge in [0.1, 0.15) is 5.70 Å². The van der Waals surface area contributed by atoms with E-state index in [9.17, 15) is 9.59 Å². The molecular weight excluding hydrogens is 266 g/mol. The molecule has 0 radical (unpaired) electrons. The van der Waals surface area contributed by atoms with Crippen molar-refractivity contribution in [1.82, 2.24) is 10.6 Å². The van der Waals surface area contributed by atoms with Crippen molar-refractivity contribution in [2.24, 2.45) is 0 Å². The molecule has 2 rings (SSSR count). The van der Waals surface area contributed by atoms with Crippen molar-refractivity contribution >= 4 is 23.7 Å². The summed E-state index contributed by atoms with van der Waals surface area (Å²) >= 11 is 0. The van der Waals surface area contributed by atoms with Gasteiger partial charge >= 0.3 is 6.03 Å². The minimum absolute atomic E-state index is 0.260. The van der Waals surface area contributed by atoms with E-state index in [1.807, 2.05) is 18.2 Å². The second-order valence-corrected chi connectivity index (χ2v) is 4.61. The third-order valence-electron chi connectivity index (χ3n) is 3.29. The van der Waals surface area contributed by atoms with Gasteiger partial charge < -0.3 is 10.2 Å². The van der Waals surface area contributed by atoms with Crippen molar-refractivity contribution < 1.29 is 9.59 Å². The van der Waals surface area contributed by atoms with E-state index >= 15 is 0 Å². The quantitative estimate of drug-likeness (QED) is 0.644. The van der Waals surface area contributed by atoms with Gasteiger partial charge in [-0.1, -0.05) is 24.3 Å². The molecule has 0 spiro atoms. The van der Waals surface area contributed by atoms with Gasteiger partial charge in [0.15, 0.2) is 0 Å². The van der Waals surface area contributed by atoms with Crippen molar-refractivity contribution in [3.63, 3.8) is 0 Å². The molecule has 0 unspecified atom stereocenters. The van der Waals surface area contributed by atoms with Gasteiger partial charge in [-0.2, -0.15) is 0 Å². The van der Waals surface area contributed by atoms with E-state index < -0.39 is 11.9 Å². The first-order valence-electron chi connectivity index (χ1n) is 6.99. The summed E-state index contributed by atoms with van der Waals surface area (Å²) in [6, 6.07) is 7.71. The third-order valence-corrected chi connectivity index (χ3v) is 3.29. The SMILES string of the molecule is CCN(CC)c1ccc(/C=C/C=C2\NC(=O)NC2=O)cc1. The summed E-state index contributed by atoms with van der Waals surface area (Å²) < 4.78 is 0. The standard InChI is InChI=1S/C16H19N3O2/c1-3-19(4-2)13-10-8-12(9-11-13)6-5-7-14-15(20)18-16(21)17-14/h5-11H,3-4H2,1-2H3,(H2,17,18,20,21)/b6-5+,14-7-. The number of allylic oxidation sites excluding steroid dienone is 2. The largest absolute Gasteiger partial charge is 0.372 e. The average molecular weight is 285 g/mol. The topological polar surface area (TPSA) is 61.4 Å². The average Bonchev–Trinajstić information content (AvgIpc) is 2.80. The summed E-state index contributed by atoms with van der Waals surface area (Å²) in [5.41, 5.74) is 2.49. The minimum Gasteiger partial charge on any atom is -0.372 e. The predicted octanol–water partition coefficient (Wildman–Crippen LogP) is 2.27. The molecule has 0 atom stereocenters. The van der Waals surface area contributed by atoms with E-state index in [0.717, 1.165) is 18.7 Å². The lowest BCUT2D eigenvalue weighted by molar-refractivity contribution is -0.115. The van der Waals surface area contributed by atoms with Crippen LogP contribution in [0.5, 0.6) is 0 Å². The van der Waals surface area contributed by atoms with E-state index in [0.29, 0.717) is 0 Å². The van der Waals surface area contributed by atoms with Gasteiger partial charge in [-0.05, 0) is 37.6 Å². The Bertz CT molecular complexity index is 584. The van der Waals surface area contributed by atoms with Crippen molar-refractivity contribution in [2.75, 3.05) is 18.0 Å². The van der Waals surface area contributed by atoms with Crippen LogP contribution in [0, 0.1) is 0 Å².